The van der Waals surface area contributed by atoms with Gasteiger partial charge in [0, 0.05) is 21.0 Å². The standard InChI is InChI=1S/C10H9BrClN3S/c1-6(14-10-5-13-15-16-10)8-3-2-7(11)4-9(8)12/h2-6,14H,1H3. The predicted octanol–water partition coefficient (Wildman–Crippen LogP) is 4.13. The van der Waals surface area contributed by atoms with Crippen molar-refractivity contribution < 1.29 is 0 Å². The maximum atomic E-state index is 6.17. The molecular weight excluding hydrogens is 310 g/mol. The average molecular weight is 319 g/mol. The Bertz CT molecular complexity index is 475. The van der Waals surface area contributed by atoms with Gasteiger partial charge in [-0.1, -0.05) is 38.1 Å². The number of anilines is 1. The Kier molecular flexibility index (Phi) is 3.78. The molecule has 2 aromatic rings. The summed E-state index contributed by atoms with van der Waals surface area (Å²) in [5, 5.41) is 8.74. The molecule has 1 heterocycles. The van der Waals surface area contributed by atoms with Crippen molar-refractivity contribution in [3.63, 3.8) is 0 Å². The van der Waals surface area contributed by atoms with E-state index < -0.39 is 0 Å². The summed E-state index contributed by atoms with van der Waals surface area (Å²) in [4.78, 5) is 0. The van der Waals surface area contributed by atoms with Gasteiger partial charge in [-0.15, -0.1) is 5.10 Å². The van der Waals surface area contributed by atoms with Gasteiger partial charge in [-0.05, 0) is 24.6 Å². The molecule has 0 aliphatic rings. The Morgan fingerprint density at radius 2 is 2.31 bits per heavy atom. The molecule has 0 amide bonds. The van der Waals surface area contributed by atoms with E-state index in [2.05, 4.69) is 37.8 Å². The highest BCUT2D eigenvalue weighted by atomic mass is 79.9. The number of benzene rings is 1. The molecule has 1 aromatic heterocycles. The van der Waals surface area contributed by atoms with Crippen LogP contribution in [0, 0.1) is 0 Å². The van der Waals surface area contributed by atoms with Gasteiger partial charge in [-0.2, -0.15) is 0 Å². The molecule has 0 aliphatic carbocycles. The van der Waals surface area contributed by atoms with E-state index in [0.717, 1.165) is 20.1 Å². The van der Waals surface area contributed by atoms with Gasteiger partial charge in [0.2, 0.25) is 0 Å². The first-order valence-corrected chi connectivity index (χ1v) is 6.60. The molecule has 0 fully saturated rings. The lowest BCUT2D eigenvalue weighted by atomic mass is 10.1. The van der Waals surface area contributed by atoms with Gasteiger partial charge >= 0.3 is 0 Å². The van der Waals surface area contributed by atoms with Gasteiger partial charge in [-0.3, -0.25) is 0 Å². The van der Waals surface area contributed by atoms with Crippen molar-refractivity contribution in [2.45, 2.75) is 13.0 Å². The minimum atomic E-state index is 0.128. The zero-order valence-electron chi connectivity index (χ0n) is 8.45. The van der Waals surface area contributed by atoms with Crippen molar-refractivity contribution in [3.05, 3.63) is 39.5 Å². The second kappa shape index (κ2) is 5.12. The maximum absolute atomic E-state index is 6.17. The topological polar surface area (TPSA) is 37.8 Å². The predicted molar refractivity (Wildman–Crippen MR) is 71.1 cm³/mol. The molecule has 0 saturated carbocycles. The zero-order valence-corrected chi connectivity index (χ0v) is 11.6. The Labute approximate surface area is 111 Å². The van der Waals surface area contributed by atoms with E-state index in [9.17, 15) is 0 Å². The molecule has 1 unspecified atom stereocenters. The first-order valence-electron chi connectivity index (χ1n) is 4.65. The first-order chi connectivity index (χ1) is 7.66. The van der Waals surface area contributed by atoms with Crippen LogP contribution in [0.5, 0.6) is 0 Å². The summed E-state index contributed by atoms with van der Waals surface area (Å²) < 4.78 is 4.77. The molecule has 84 valence electrons. The monoisotopic (exact) mass is 317 g/mol. The molecule has 0 spiro atoms. The average Bonchev–Trinajstić information content (AvgIpc) is 2.70. The third-order valence-electron chi connectivity index (χ3n) is 2.15. The Hall–Kier alpha value is -0.650. The Balaban J connectivity index is 2.17. The molecular formula is C10H9BrClN3S. The molecule has 1 aromatic carbocycles. The fourth-order valence-corrected chi connectivity index (χ4v) is 2.72. The quantitative estimate of drug-likeness (QED) is 0.924. The summed E-state index contributed by atoms with van der Waals surface area (Å²) in [6, 6.07) is 5.99. The number of hydrogen-bond acceptors (Lipinski definition) is 4. The normalized spacial score (nSPS) is 12.4. The van der Waals surface area contributed by atoms with E-state index in [-0.39, 0.29) is 6.04 Å². The fourth-order valence-electron chi connectivity index (χ4n) is 1.37. The van der Waals surface area contributed by atoms with Crippen molar-refractivity contribution in [1.82, 2.24) is 9.59 Å². The van der Waals surface area contributed by atoms with Crippen LogP contribution in [0.4, 0.5) is 5.00 Å². The molecule has 0 aliphatic heterocycles. The number of aromatic nitrogens is 2. The van der Waals surface area contributed by atoms with Crippen LogP contribution in [-0.2, 0) is 0 Å². The van der Waals surface area contributed by atoms with Crippen LogP contribution in [0.3, 0.4) is 0 Å². The Morgan fingerprint density at radius 3 is 2.94 bits per heavy atom. The second-order valence-corrected chi connectivity index (χ2v) is 5.42. The van der Waals surface area contributed by atoms with Gasteiger partial charge in [0.05, 0.1) is 12.2 Å². The van der Waals surface area contributed by atoms with Crippen molar-refractivity contribution in [3.8, 4) is 0 Å². The lowest BCUT2D eigenvalue weighted by Crippen LogP contribution is -2.05. The van der Waals surface area contributed by atoms with Crippen LogP contribution in [0.25, 0.3) is 0 Å². The van der Waals surface area contributed by atoms with E-state index in [1.807, 2.05) is 18.2 Å². The lowest BCUT2D eigenvalue weighted by molar-refractivity contribution is 0.888. The van der Waals surface area contributed by atoms with E-state index in [0.29, 0.717) is 0 Å². The molecule has 0 saturated heterocycles. The van der Waals surface area contributed by atoms with Gasteiger partial charge in [-0.25, -0.2) is 0 Å². The van der Waals surface area contributed by atoms with Crippen molar-refractivity contribution in [1.29, 1.82) is 0 Å². The molecule has 1 N–H and O–H groups in total. The van der Waals surface area contributed by atoms with Crippen LogP contribution >= 0.6 is 39.1 Å². The summed E-state index contributed by atoms with van der Waals surface area (Å²) in [7, 11) is 0. The van der Waals surface area contributed by atoms with Crippen molar-refractivity contribution >= 4 is 44.1 Å². The summed E-state index contributed by atoms with van der Waals surface area (Å²) in [5.41, 5.74) is 1.05. The van der Waals surface area contributed by atoms with E-state index in [4.69, 9.17) is 11.6 Å². The molecule has 16 heavy (non-hydrogen) atoms. The van der Waals surface area contributed by atoms with Crippen molar-refractivity contribution in [2.75, 3.05) is 5.32 Å². The first kappa shape index (κ1) is 11.8. The summed E-state index contributed by atoms with van der Waals surface area (Å²) in [6.45, 7) is 2.05. The van der Waals surface area contributed by atoms with Crippen LogP contribution in [-0.4, -0.2) is 9.59 Å². The summed E-state index contributed by atoms with van der Waals surface area (Å²) in [5.74, 6) is 0. The molecule has 3 nitrogen and oxygen atoms in total. The van der Waals surface area contributed by atoms with Gasteiger partial charge in [0.15, 0.2) is 0 Å². The van der Waals surface area contributed by atoms with Crippen LogP contribution in [0.1, 0.15) is 18.5 Å². The third-order valence-corrected chi connectivity index (χ3v) is 3.57. The largest absolute Gasteiger partial charge is 0.368 e. The number of hydrogen-bond donors (Lipinski definition) is 1. The van der Waals surface area contributed by atoms with Gasteiger partial charge < -0.3 is 5.32 Å². The maximum Gasteiger partial charge on any atom is 0.130 e. The summed E-state index contributed by atoms with van der Waals surface area (Å²) >= 11 is 10.9. The third kappa shape index (κ3) is 2.72. The minimum absolute atomic E-state index is 0.128. The lowest BCUT2D eigenvalue weighted by Gasteiger charge is -2.15. The number of nitrogens with one attached hydrogen (secondary N) is 1. The fraction of sp³-hybridized carbons (Fsp3) is 0.200. The van der Waals surface area contributed by atoms with Crippen LogP contribution in [0.2, 0.25) is 5.02 Å². The molecule has 6 heteroatoms. The Morgan fingerprint density at radius 1 is 1.50 bits per heavy atom. The van der Waals surface area contributed by atoms with Crippen LogP contribution < -0.4 is 5.32 Å². The highest BCUT2D eigenvalue weighted by molar-refractivity contribution is 9.10. The highest BCUT2D eigenvalue weighted by Gasteiger charge is 2.10. The number of rotatable bonds is 3. The minimum Gasteiger partial charge on any atom is -0.368 e. The second-order valence-electron chi connectivity index (χ2n) is 3.31. The number of nitrogens with zero attached hydrogens (tertiary/aromatic N) is 2. The smallest absolute Gasteiger partial charge is 0.130 e. The van der Waals surface area contributed by atoms with E-state index in [1.165, 1.54) is 11.5 Å². The van der Waals surface area contributed by atoms with Gasteiger partial charge in [0.25, 0.3) is 0 Å². The zero-order chi connectivity index (χ0) is 11.5. The highest BCUT2D eigenvalue weighted by Crippen LogP contribution is 2.28. The van der Waals surface area contributed by atoms with Gasteiger partial charge in [0.1, 0.15) is 5.00 Å². The molecule has 1 atom stereocenters. The SMILES string of the molecule is CC(Nc1cnns1)c1ccc(Br)cc1Cl. The molecule has 0 radical (unpaired) electrons. The molecule has 2 rings (SSSR count). The van der Waals surface area contributed by atoms with E-state index >= 15 is 0 Å². The van der Waals surface area contributed by atoms with E-state index in [1.54, 1.807) is 6.20 Å². The summed E-state index contributed by atoms with van der Waals surface area (Å²) in [6.07, 6.45) is 1.70. The molecule has 0 bridgehead atoms. The van der Waals surface area contributed by atoms with Crippen molar-refractivity contribution in [2.24, 2.45) is 0 Å². The van der Waals surface area contributed by atoms with Crippen LogP contribution in [0.15, 0.2) is 28.9 Å². The number of halogens is 2.